The van der Waals surface area contributed by atoms with Crippen LogP contribution in [-0.4, -0.2) is 23.0 Å². The fourth-order valence-corrected chi connectivity index (χ4v) is 0.887. The maximum Gasteiger partial charge on any atom is 0.358 e. The number of rotatable bonds is 1. The van der Waals surface area contributed by atoms with Gasteiger partial charge in [0.2, 0.25) is 5.28 Å². The van der Waals surface area contributed by atoms with Crippen molar-refractivity contribution in [1.29, 1.82) is 0 Å². The first-order chi connectivity index (χ1) is 5.65. The van der Waals surface area contributed by atoms with Gasteiger partial charge >= 0.3 is 5.97 Å². The Hall–Kier alpha value is -0.870. The Labute approximate surface area is 78.5 Å². The quantitative estimate of drug-likeness (QED) is 0.518. The number of methoxy groups -OCH3 is 1. The third kappa shape index (κ3) is 1.84. The minimum absolute atomic E-state index is 0.0285. The van der Waals surface area contributed by atoms with Gasteiger partial charge in [-0.15, -0.1) is 0 Å². The fraction of sp³-hybridized carbons (Fsp3) is 0.167. The van der Waals surface area contributed by atoms with Crippen LogP contribution in [0.5, 0.6) is 0 Å². The molecule has 0 aromatic carbocycles. The molecule has 0 bridgehead atoms. The molecule has 0 fully saturated rings. The zero-order valence-corrected chi connectivity index (χ0v) is 7.56. The van der Waals surface area contributed by atoms with Crippen molar-refractivity contribution < 1.29 is 9.53 Å². The molecule has 0 aliphatic carbocycles. The van der Waals surface area contributed by atoms with E-state index in [0.29, 0.717) is 0 Å². The van der Waals surface area contributed by atoms with E-state index in [2.05, 4.69) is 14.7 Å². The Balaban J connectivity index is 3.13. The van der Waals surface area contributed by atoms with Crippen molar-refractivity contribution in [2.24, 2.45) is 0 Å². The highest BCUT2D eigenvalue weighted by molar-refractivity contribution is 6.33. The summed E-state index contributed by atoms with van der Waals surface area (Å²) in [4.78, 5) is 18.1. The lowest BCUT2D eigenvalue weighted by molar-refractivity contribution is 0.0594. The van der Waals surface area contributed by atoms with Crippen LogP contribution < -0.4 is 0 Å². The topological polar surface area (TPSA) is 52.1 Å². The van der Waals surface area contributed by atoms with Gasteiger partial charge in [0.15, 0.2) is 5.69 Å². The molecule has 0 unspecified atom stereocenters. The van der Waals surface area contributed by atoms with Gasteiger partial charge in [0.1, 0.15) is 0 Å². The third-order valence-electron chi connectivity index (χ3n) is 1.09. The van der Waals surface area contributed by atoms with E-state index >= 15 is 0 Å². The standard InChI is InChI=1S/C6H4Cl2N2O2/c1-12-5(11)4-3(7)2-9-6(8)10-4/h2H,1H3. The molecule has 0 aliphatic heterocycles. The van der Waals surface area contributed by atoms with Crippen molar-refractivity contribution in [3.05, 3.63) is 22.2 Å². The van der Waals surface area contributed by atoms with Crippen molar-refractivity contribution >= 4 is 29.2 Å². The largest absolute Gasteiger partial charge is 0.464 e. The van der Waals surface area contributed by atoms with Crippen LogP contribution in [0.4, 0.5) is 0 Å². The SMILES string of the molecule is COC(=O)c1nc(Cl)ncc1Cl. The Morgan fingerprint density at radius 1 is 1.58 bits per heavy atom. The lowest BCUT2D eigenvalue weighted by Crippen LogP contribution is -2.05. The van der Waals surface area contributed by atoms with Crippen LogP contribution in [0.1, 0.15) is 10.5 Å². The van der Waals surface area contributed by atoms with Crippen LogP contribution in [0.2, 0.25) is 10.3 Å². The maximum absolute atomic E-state index is 10.9. The zero-order valence-electron chi connectivity index (χ0n) is 6.04. The first-order valence-electron chi connectivity index (χ1n) is 2.91. The van der Waals surface area contributed by atoms with Gasteiger partial charge in [-0.25, -0.2) is 14.8 Å². The summed E-state index contributed by atoms with van der Waals surface area (Å²) < 4.78 is 4.40. The Kier molecular flexibility index (Phi) is 2.83. The summed E-state index contributed by atoms with van der Waals surface area (Å²) in [6.45, 7) is 0. The van der Waals surface area contributed by atoms with Gasteiger partial charge in [-0.2, -0.15) is 0 Å². The van der Waals surface area contributed by atoms with Gasteiger partial charge < -0.3 is 4.74 Å². The molecule has 0 spiro atoms. The van der Waals surface area contributed by atoms with E-state index in [-0.39, 0.29) is 16.0 Å². The van der Waals surface area contributed by atoms with Crippen LogP contribution in [0.25, 0.3) is 0 Å². The fourth-order valence-electron chi connectivity index (χ4n) is 0.585. The number of esters is 1. The smallest absolute Gasteiger partial charge is 0.358 e. The van der Waals surface area contributed by atoms with E-state index in [9.17, 15) is 4.79 Å². The second kappa shape index (κ2) is 3.69. The molecule has 1 aromatic heterocycles. The predicted molar refractivity (Wildman–Crippen MR) is 43.4 cm³/mol. The molecular formula is C6H4Cl2N2O2. The maximum atomic E-state index is 10.9. The summed E-state index contributed by atoms with van der Waals surface area (Å²) in [7, 11) is 1.23. The van der Waals surface area contributed by atoms with Gasteiger partial charge in [-0.1, -0.05) is 11.6 Å². The van der Waals surface area contributed by atoms with Crippen LogP contribution in [0.3, 0.4) is 0 Å². The molecule has 0 saturated carbocycles. The van der Waals surface area contributed by atoms with Gasteiger partial charge in [0.25, 0.3) is 0 Å². The number of halogens is 2. The monoisotopic (exact) mass is 206 g/mol. The van der Waals surface area contributed by atoms with E-state index in [4.69, 9.17) is 23.2 Å². The van der Waals surface area contributed by atoms with E-state index < -0.39 is 5.97 Å². The Morgan fingerprint density at radius 3 is 2.83 bits per heavy atom. The first-order valence-corrected chi connectivity index (χ1v) is 3.67. The lowest BCUT2D eigenvalue weighted by Gasteiger charge is -1.99. The molecule has 0 saturated heterocycles. The Bertz CT molecular complexity index is 316. The molecule has 0 atom stereocenters. The van der Waals surface area contributed by atoms with Gasteiger partial charge in [0.05, 0.1) is 18.3 Å². The number of aromatic nitrogens is 2. The minimum Gasteiger partial charge on any atom is -0.464 e. The Morgan fingerprint density at radius 2 is 2.25 bits per heavy atom. The first kappa shape index (κ1) is 9.22. The molecule has 4 nitrogen and oxygen atoms in total. The lowest BCUT2D eigenvalue weighted by atomic mass is 10.4. The van der Waals surface area contributed by atoms with Crippen molar-refractivity contribution in [1.82, 2.24) is 9.97 Å². The van der Waals surface area contributed by atoms with Crippen LogP contribution in [0, 0.1) is 0 Å². The highest BCUT2D eigenvalue weighted by atomic mass is 35.5. The summed E-state index contributed by atoms with van der Waals surface area (Å²) in [5, 5.41) is 0.0750. The molecule has 1 heterocycles. The van der Waals surface area contributed by atoms with Crippen molar-refractivity contribution in [2.45, 2.75) is 0 Å². The second-order valence-corrected chi connectivity index (χ2v) is 2.57. The average molecular weight is 207 g/mol. The third-order valence-corrected chi connectivity index (χ3v) is 1.55. The summed E-state index contributed by atoms with van der Waals surface area (Å²) in [6.07, 6.45) is 1.24. The number of ether oxygens (including phenoxy) is 1. The van der Waals surface area contributed by atoms with Crippen LogP contribution in [0.15, 0.2) is 6.20 Å². The zero-order chi connectivity index (χ0) is 9.14. The highest BCUT2D eigenvalue weighted by Gasteiger charge is 2.13. The molecular weight excluding hydrogens is 203 g/mol. The number of hydrogen-bond acceptors (Lipinski definition) is 4. The van der Waals surface area contributed by atoms with E-state index in [1.54, 1.807) is 0 Å². The molecule has 1 aromatic rings. The van der Waals surface area contributed by atoms with E-state index in [1.165, 1.54) is 13.3 Å². The molecule has 0 radical (unpaired) electrons. The summed E-state index contributed by atoms with van der Waals surface area (Å²) >= 11 is 11.0. The van der Waals surface area contributed by atoms with E-state index in [1.807, 2.05) is 0 Å². The molecule has 0 aliphatic rings. The second-order valence-electron chi connectivity index (χ2n) is 1.83. The minimum atomic E-state index is -0.635. The molecule has 64 valence electrons. The van der Waals surface area contributed by atoms with Gasteiger partial charge in [-0.05, 0) is 11.6 Å². The van der Waals surface area contributed by atoms with E-state index in [0.717, 1.165) is 0 Å². The van der Waals surface area contributed by atoms with Gasteiger partial charge in [-0.3, -0.25) is 0 Å². The molecule has 0 amide bonds. The normalized spacial score (nSPS) is 9.58. The number of carbonyl (C=O) groups excluding carboxylic acids is 1. The summed E-state index contributed by atoms with van der Waals surface area (Å²) in [5.41, 5.74) is -0.0285. The summed E-state index contributed by atoms with van der Waals surface area (Å²) in [6, 6.07) is 0. The van der Waals surface area contributed by atoms with Gasteiger partial charge in [0, 0.05) is 0 Å². The number of nitrogens with zero attached hydrogens (tertiary/aromatic N) is 2. The van der Waals surface area contributed by atoms with Crippen molar-refractivity contribution in [3.8, 4) is 0 Å². The van der Waals surface area contributed by atoms with Crippen LogP contribution >= 0.6 is 23.2 Å². The molecule has 0 N–H and O–H groups in total. The average Bonchev–Trinajstić information content (AvgIpc) is 2.08. The predicted octanol–water partition coefficient (Wildman–Crippen LogP) is 1.57. The molecule has 12 heavy (non-hydrogen) atoms. The van der Waals surface area contributed by atoms with Crippen molar-refractivity contribution in [2.75, 3.05) is 7.11 Å². The van der Waals surface area contributed by atoms with Crippen LogP contribution in [-0.2, 0) is 4.74 Å². The molecule has 6 heteroatoms. The molecule has 1 rings (SSSR count). The summed E-state index contributed by atoms with van der Waals surface area (Å²) in [5.74, 6) is -0.635. The number of hydrogen-bond donors (Lipinski definition) is 0. The van der Waals surface area contributed by atoms with Crippen molar-refractivity contribution in [3.63, 3.8) is 0 Å². The number of carbonyl (C=O) groups is 1. The highest BCUT2D eigenvalue weighted by Crippen LogP contribution is 2.14.